The number of hydrogen-bond acceptors (Lipinski definition) is 5. The molecule has 0 radical (unpaired) electrons. The van der Waals surface area contributed by atoms with E-state index >= 15 is 0 Å². The maximum absolute atomic E-state index is 10.6. The monoisotopic (exact) mass is 258 g/mol. The summed E-state index contributed by atoms with van der Waals surface area (Å²) in [6.07, 6.45) is 1.71. The molecule has 19 heavy (non-hydrogen) atoms. The third-order valence-electron chi connectivity index (χ3n) is 2.75. The van der Waals surface area contributed by atoms with Crippen molar-refractivity contribution in [2.75, 3.05) is 11.1 Å². The third-order valence-corrected chi connectivity index (χ3v) is 2.75. The molecule has 1 atom stereocenters. The Labute approximate surface area is 110 Å². The molecule has 2 aromatic rings. The molecule has 1 aromatic carbocycles. The van der Waals surface area contributed by atoms with Gasteiger partial charge in [0.05, 0.1) is 28.0 Å². The predicted octanol–water partition coefficient (Wildman–Crippen LogP) is 2.75. The molecular weight excluding hydrogens is 244 g/mol. The van der Waals surface area contributed by atoms with Crippen LogP contribution in [0.4, 0.5) is 17.1 Å². The van der Waals surface area contributed by atoms with Crippen LogP contribution in [0.3, 0.4) is 0 Å². The van der Waals surface area contributed by atoms with Gasteiger partial charge in [-0.3, -0.25) is 15.1 Å². The standard InChI is InChI=1S/C13H14N4O2/c1-9(12-4-2-3-7-15-12)16-13-6-5-10(17(18)19)8-11(13)14/h2-9,16H,14H2,1H3. The number of nitro benzene ring substituents is 1. The second-order valence-corrected chi connectivity index (χ2v) is 4.15. The molecule has 0 amide bonds. The van der Waals surface area contributed by atoms with Crippen molar-refractivity contribution in [3.63, 3.8) is 0 Å². The Balaban J connectivity index is 2.18. The Morgan fingerprint density at radius 2 is 2.16 bits per heavy atom. The van der Waals surface area contributed by atoms with E-state index < -0.39 is 4.92 Å². The van der Waals surface area contributed by atoms with E-state index in [9.17, 15) is 10.1 Å². The van der Waals surface area contributed by atoms with Crippen LogP contribution in [0.2, 0.25) is 0 Å². The van der Waals surface area contributed by atoms with Crippen molar-refractivity contribution in [1.29, 1.82) is 0 Å². The first-order valence-corrected chi connectivity index (χ1v) is 5.79. The van der Waals surface area contributed by atoms with Crippen LogP contribution in [-0.4, -0.2) is 9.91 Å². The van der Waals surface area contributed by atoms with Crippen LogP contribution in [0.1, 0.15) is 18.7 Å². The quantitative estimate of drug-likeness (QED) is 0.499. The second kappa shape index (κ2) is 5.34. The minimum absolute atomic E-state index is 0.0199. The average molecular weight is 258 g/mol. The number of nitrogen functional groups attached to an aromatic ring is 1. The number of nitrogens with one attached hydrogen (secondary N) is 1. The smallest absolute Gasteiger partial charge is 0.271 e. The molecule has 1 unspecified atom stereocenters. The first-order valence-electron chi connectivity index (χ1n) is 5.79. The van der Waals surface area contributed by atoms with Gasteiger partial charge in [0, 0.05) is 18.3 Å². The van der Waals surface area contributed by atoms with Gasteiger partial charge in [0.1, 0.15) is 0 Å². The van der Waals surface area contributed by atoms with Gasteiger partial charge < -0.3 is 11.1 Å². The summed E-state index contributed by atoms with van der Waals surface area (Å²) in [4.78, 5) is 14.4. The number of pyridine rings is 1. The van der Waals surface area contributed by atoms with Crippen LogP contribution in [0.15, 0.2) is 42.6 Å². The number of rotatable bonds is 4. The fraction of sp³-hybridized carbons (Fsp3) is 0.154. The Morgan fingerprint density at radius 3 is 2.74 bits per heavy atom. The molecule has 0 fully saturated rings. The molecule has 3 N–H and O–H groups in total. The van der Waals surface area contributed by atoms with Gasteiger partial charge in [-0.05, 0) is 25.1 Å². The van der Waals surface area contributed by atoms with E-state index in [-0.39, 0.29) is 11.7 Å². The predicted molar refractivity (Wildman–Crippen MR) is 73.8 cm³/mol. The maximum atomic E-state index is 10.6. The Bertz CT molecular complexity index is 586. The van der Waals surface area contributed by atoms with Crippen LogP contribution < -0.4 is 11.1 Å². The summed E-state index contributed by atoms with van der Waals surface area (Å²) in [5.41, 5.74) is 7.65. The van der Waals surface area contributed by atoms with Gasteiger partial charge in [-0.2, -0.15) is 0 Å². The lowest BCUT2D eigenvalue weighted by atomic mass is 10.2. The summed E-state index contributed by atoms with van der Waals surface area (Å²) in [6, 6.07) is 9.98. The Morgan fingerprint density at radius 1 is 1.37 bits per heavy atom. The van der Waals surface area contributed by atoms with E-state index in [2.05, 4.69) is 10.3 Å². The SMILES string of the molecule is CC(Nc1ccc([N+](=O)[O-])cc1N)c1ccccn1. The highest BCUT2D eigenvalue weighted by Gasteiger charge is 2.11. The van der Waals surface area contributed by atoms with E-state index in [1.54, 1.807) is 12.3 Å². The summed E-state index contributed by atoms with van der Waals surface area (Å²) in [7, 11) is 0. The first kappa shape index (κ1) is 12.8. The van der Waals surface area contributed by atoms with Gasteiger partial charge in [-0.25, -0.2) is 0 Å². The average Bonchev–Trinajstić information content (AvgIpc) is 2.41. The van der Waals surface area contributed by atoms with Gasteiger partial charge in [0.25, 0.3) is 5.69 Å². The van der Waals surface area contributed by atoms with Crippen molar-refractivity contribution in [3.05, 3.63) is 58.4 Å². The normalized spacial score (nSPS) is 11.8. The Hall–Kier alpha value is -2.63. The zero-order valence-corrected chi connectivity index (χ0v) is 10.4. The highest BCUT2D eigenvalue weighted by Crippen LogP contribution is 2.27. The summed E-state index contributed by atoms with van der Waals surface area (Å²) >= 11 is 0. The van der Waals surface area contributed by atoms with Crippen LogP contribution in [0.5, 0.6) is 0 Å². The zero-order chi connectivity index (χ0) is 13.8. The van der Waals surface area contributed by atoms with Crippen LogP contribution >= 0.6 is 0 Å². The third kappa shape index (κ3) is 2.98. The minimum Gasteiger partial charge on any atom is -0.397 e. The molecule has 0 aliphatic heterocycles. The fourth-order valence-corrected chi connectivity index (χ4v) is 1.73. The molecule has 0 bridgehead atoms. The number of benzene rings is 1. The molecule has 98 valence electrons. The highest BCUT2D eigenvalue weighted by atomic mass is 16.6. The number of nitro groups is 1. The van der Waals surface area contributed by atoms with Gasteiger partial charge >= 0.3 is 0 Å². The molecule has 2 rings (SSSR count). The topological polar surface area (TPSA) is 94.1 Å². The lowest BCUT2D eigenvalue weighted by Crippen LogP contribution is -2.09. The number of anilines is 2. The Kier molecular flexibility index (Phi) is 3.61. The summed E-state index contributed by atoms with van der Waals surface area (Å²) in [5, 5.41) is 13.8. The number of non-ortho nitro benzene ring substituents is 1. The zero-order valence-electron chi connectivity index (χ0n) is 10.4. The summed E-state index contributed by atoms with van der Waals surface area (Å²) in [5.74, 6) is 0. The first-order chi connectivity index (χ1) is 9.08. The fourth-order valence-electron chi connectivity index (χ4n) is 1.73. The lowest BCUT2D eigenvalue weighted by molar-refractivity contribution is -0.384. The number of nitrogens with zero attached hydrogens (tertiary/aromatic N) is 2. The van der Waals surface area contributed by atoms with Crippen molar-refractivity contribution in [1.82, 2.24) is 4.98 Å². The van der Waals surface area contributed by atoms with Crippen molar-refractivity contribution < 1.29 is 4.92 Å². The largest absolute Gasteiger partial charge is 0.397 e. The van der Waals surface area contributed by atoms with E-state index in [1.165, 1.54) is 12.1 Å². The summed E-state index contributed by atoms with van der Waals surface area (Å²) in [6.45, 7) is 1.95. The summed E-state index contributed by atoms with van der Waals surface area (Å²) < 4.78 is 0. The van der Waals surface area contributed by atoms with Gasteiger partial charge in [0.15, 0.2) is 0 Å². The molecule has 1 aromatic heterocycles. The minimum atomic E-state index is -0.470. The van der Waals surface area contributed by atoms with Crippen LogP contribution in [0, 0.1) is 10.1 Å². The lowest BCUT2D eigenvalue weighted by Gasteiger charge is -2.16. The van der Waals surface area contributed by atoms with Crippen molar-refractivity contribution in [3.8, 4) is 0 Å². The molecule has 0 aliphatic rings. The highest BCUT2D eigenvalue weighted by molar-refractivity contribution is 5.69. The molecule has 0 saturated heterocycles. The van der Waals surface area contributed by atoms with Crippen LogP contribution in [-0.2, 0) is 0 Å². The second-order valence-electron chi connectivity index (χ2n) is 4.15. The van der Waals surface area contributed by atoms with Gasteiger partial charge in [-0.15, -0.1) is 0 Å². The number of nitrogens with two attached hydrogens (primary N) is 1. The number of hydrogen-bond donors (Lipinski definition) is 2. The van der Waals surface area contributed by atoms with E-state index in [0.29, 0.717) is 11.4 Å². The van der Waals surface area contributed by atoms with Crippen LogP contribution in [0.25, 0.3) is 0 Å². The van der Waals surface area contributed by atoms with Crippen molar-refractivity contribution in [2.24, 2.45) is 0 Å². The van der Waals surface area contributed by atoms with E-state index in [0.717, 1.165) is 5.69 Å². The molecular formula is C13H14N4O2. The van der Waals surface area contributed by atoms with Gasteiger partial charge in [-0.1, -0.05) is 6.07 Å². The molecule has 0 spiro atoms. The molecule has 1 heterocycles. The van der Waals surface area contributed by atoms with E-state index in [1.807, 2.05) is 25.1 Å². The molecule has 6 heteroatoms. The maximum Gasteiger partial charge on any atom is 0.271 e. The number of aromatic nitrogens is 1. The van der Waals surface area contributed by atoms with Gasteiger partial charge in [0.2, 0.25) is 0 Å². The molecule has 0 aliphatic carbocycles. The molecule has 0 saturated carbocycles. The van der Waals surface area contributed by atoms with Crippen molar-refractivity contribution in [2.45, 2.75) is 13.0 Å². The van der Waals surface area contributed by atoms with E-state index in [4.69, 9.17) is 5.73 Å². The molecule has 6 nitrogen and oxygen atoms in total. The van der Waals surface area contributed by atoms with Crippen molar-refractivity contribution >= 4 is 17.1 Å².